The van der Waals surface area contributed by atoms with Gasteiger partial charge >= 0.3 is 5.97 Å². The molecule has 1 aliphatic rings. The van der Waals surface area contributed by atoms with Crippen molar-refractivity contribution in [3.05, 3.63) is 69.9 Å². The first-order valence-corrected chi connectivity index (χ1v) is 11.3. The number of hydrogen-bond acceptors (Lipinski definition) is 8. The molecule has 3 aromatic heterocycles. The van der Waals surface area contributed by atoms with Crippen LogP contribution in [-0.4, -0.2) is 17.1 Å². The Kier molecular flexibility index (Phi) is 5.24. The monoisotopic (exact) mass is 441 g/mol. The third kappa shape index (κ3) is 3.25. The number of thiophene rings is 2. The van der Waals surface area contributed by atoms with Crippen LogP contribution in [-0.2, 0) is 9.53 Å². The molecule has 0 saturated heterocycles. The predicted molar refractivity (Wildman–Crippen MR) is 116 cm³/mol. The Hall–Kier alpha value is -2.93. The first kappa shape index (κ1) is 19.4. The Morgan fingerprint density at radius 1 is 1.34 bits per heavy atom. The Balaban J connectivity index is 2.11. The van der Waals surface area contributed by atoms with E-state index >= 15 is 0 Å². The van der Waals surface area contributed by atoms with Crippen LogP contribution in [0, 0.1) is 11.3 Å². The second-order valence-corrected chi connectivity index (χ2v) is 9.05. The molecule has 1 atom stereocenters. The largest absolute Gasteiger partial charge is 0.463 e. The lowest BCUT2D eigenvalue weighted by atomic mass is 9.88. The van der Waals surface area contributed by atoms with Gasteiger partial charge in [-0.2, -0.15) is 5.26 Å². The zero-order chi connectivity index (χ0) is 20.5. The van der Waals surface area contributed by atoms with Crippen LogP contribution in [0.2, 0.25) is 0 Å². The van der Waals surface area contributed by atoms with Crippen LogP contribution in [0.3, 0.4) is 0 Å². The zero-order valence-corrected chi connectivity index (χ0v) is 17.7. The fraction of sp³-hybridized carbons (Fsp3) is 0.150. The molecule has 0 aliphatic carbocycles. The number of ether oxygens (including phenoxy) is 1. The van der Waals surface area contributed by atoms with Gasteiger partial charge in [0.1, 0.15) is 10.5 Å². The van der Waals surface area contributed by atoms with Crippen LogP contribution in [0.15, 0.2) is 45.4 Å². The molecule has 0 bridgehead atoms. The average molecular weight is 442 g/mol. The van der Waals surface area contributed by atoms with Gasteiger partial charge in [-0.25, -0.2) is 4.79 Å². The number of nitrogens with two attached hydrogens (primary N) is 1. The summed E-state index contributed by atoms with van der Waals surface area (Å²) in [5, 5.41) is 13.6. The number of carbonyl (C=O) groups is 1. The van der Waals surface area contributed by atoms with Crippen LogP contribution in [0.4, 0.5) is 0 Å². The summed E-state index contributed by atoms with van der Waals surface area (Å²) < 4.78 is 7.40. The van der Waals surface area contributed by atoms with E-state index in [0.29, 0.717) is 9.20 Å². The highest BCUT2D eigenvalue weighted by Gasteiger charge is 2.36. The van der Waals surface area contributed by atoms with Gasteiger partial charge in [-0.3, -0.25) is 9.36 Å². The number of nitrogens with zero attached hydrogens (tertiary/aromatic N) is 2. The van der Waals surface area contributed by atoms with Crippen molar-refractivity contribution in [1.29, 1.82) is 5.26 Å². The predicted octanol–water partition coefficient (Wildman–Crippen LogP) is 2.02. The molecule has 146 valence electrons. The van der Waals surface area contributed by atoms with E-state index in [1.807, 2.05) is 35.0 Å². The maximum atomic E-state index is 13.1. The summed E-state index contributed by atoms with van der Waals surface area (Å²) in [6, 6.07) is 9.60. The smallest absolute Gasteiger partial charge is 0.338 e. The molecule has 0 aromatic carbocycles. The van der Waals surface area contributed by atoms with Crippen molar-refractivity contribution in [1.82, 2.24) is 4.57 Å². The van der Waals surface area contributed by atoms with Crippen LogP contribution >= 0.6 is 34.0 Å². The highest BCUT2D eigenvalue weighted by atomic mass is 32.1. The Morgan fingerprint density at radius 2 is 2.10 bits per heavy atom. The molecule has 6 nitrogen and oxygen atoms in total. The Bertz CT molecular complexity index is 1320. The van der Waals surface area contributed by atoms with Gasteiger partial charge in [-0.1, -0.05) is 12.1 Å². The van der Waals surface area contributed by atoms with Gasteiger partial charge < -0.3 is 10.5 Å². The number of allylic oxidation sites excluding steroid dienone is 1. The fourth-order valence-electron chi connectivity index (χ4n) is 3.20. The van der Waals surface area contributed by atoms with Gasteiger partial charge in [-0.05, 0) is 35.9 Å². The Labute approximate surface area is 177 Å². The van der Waals surface area contributed by atoms with Crippen molar-refractivity contribution in [3.8, 4) is 6.07 Å². The summed E-state index contributed by atoms with van der Waals surface area (Å²) in [6.45, 7) is 1.90. The van der Waals surface area contributed by atoms with E-state index in [9.17, 15) is 14.9 Å². The summed E-state index contributed by atoms with van der Waals surface area (Å²) in [5.41, 5.74) is 6.37. The lowest BCUT2D eigenvalue weighted by Crippen LogP contribution is -2.40. The minimum atomic E-state index is -0.660. The van der Waals surface area contributed by atoms with Crippen molar-refractivity contribution in [2.75, 3.05) is 6.61 Å². The van der Waals surface area contributed by atoms with Gasteiger partial charge in [0, 0.05) is 9.75 Å². The number of nitriles is 1. The van der Waals surface area contributed by atoms with E-state index in [1.54, 1.807) is 13.0 Å². The molecule has 0 radical (unpaired) electrons. The van der Waals surface area contributed by atoms with Gasteiger partial charge in [0.15, 0.2) is 0 Å². The highest BCUT2D eigenvalue weighted by Crippen LogP contribution is 2.38. The lowest BCUT2D eigenvalue weighted by Gasteiger charge is -2.23. The fourth-order valence-corrected chi connectivity index (χ4v) is 5.93. The molecule has 4 heterocycles. The first-order chi connectivity index (χ1) is 14.1. The quantitative estimate of drug-likeness (QED) is 0.625. The van der Waals surface area contributed by atoms with Gasteiger partial charge in [0.25, 0.3) is 5.56 Å². The summed E-state index contributed by atoms with van der Waals surface area (Å²) in [7, 11) is 0. The second kappa shape index (κ2) is 7.83. The minimum Gasteiger partial charge on any atom is -0.463 e. The molecular weight excluding hydrogens is 426 g/mol. The summed E-state index contributed by atoms with van der Waals surface area (Å²) >= 11 is 4.11. The number of fused-ring (bicyclic) bond motifs is 1. The molecule has 2 N–H and O–H groups in total. The number of aromatic nitrogens is 1. The topological polar surface area (TPSA) is 98.1 Å². The van der Waals surface area contributed by atoms with Gasteiger partial charge in [0.2, 0.25) is 0 Å². The molecule has 9 heteroatoms. The van der Waals surface area contributed by atoms with Crippen molar-refractivity contribution in [2.45, 2.75) is 12.8 Å². The number of rotatable bonds is 4. The standard InChI is InChI=1S/C20H15N3O3S3/c1-2-26-20(25)16-15(13-6-4-8-28-13)12(10-21)17(22)23-18(24)14(29-19(16)23)9-11-5-3-7-27-11/h3-9,15H,2,22H2,1H3/b14-9-. The van der Waals surface area contributed by atoms with Crippen LogP contribution < -0.4 is 20.5 Å². The number of hydrogen-bond donors (Lipinski definition) is 1. The molecule has 4 rings (SSSR count). The first-order valence-electron chi connectivity index (χ1n) is 8.68. The van der Waals surface area contributed by atoms with Crippen LogP contribution in [0.5, 0.6) is 0 Å². The van der Waals surface area contributed by atoms with Crippen LogP contribution in [0.25, 0.3) is 17.5 Å². The van der Waals surface area contributed by atoms with Crippen LogP contribution in [0.1, 0.15) is 22.6 Å². The number of carbonyl (C=O) groups excluding carboxylic acids is 1. The van der Waals surface area contributed by atoms with E-state index in [1.165, 1.54) is 38.6 Å². The molecule has 0 spiro atoms. The van der Waals surface area contributed by atoms with E-state index in [0.717, 1.165) is 9.75 Å². The summed E-state index contributed by atoms with van der Waals surface area (Å²) in [4.78, 5) is 27.7. The molecule has 3 aromatic rings. The molecule has 0 amide bonds. The van der Waals surface area contributed by atoms with Gasteiger partial charge in [0.05, 0.1) is 34.3 Å². The molecule has 1 unspecified atom stereocenters. The van der Waals surface area contributed by atoms with Crippen molar-refractivity contribution >= 4 is 57.4 Å². The normalized spacial score (nSPS) is 16.6. The minimum absolute atomic E-state index is 0.0565. The third-order valence-electron chi connectivity index (χ3n) is 4.41. The third-order valence-corrected chi connectivity index (χ3v) is 7.27. The Morgan fingerprint density at radius 3 is 2.72 bits per heavy atom. The summed E-state index contributed by atoms with van der Waals surface area (Å²) in [6.07, 6.45) is 1.77. The molecule has 1 aliphatic heterocycles. The molecule has 0 fully saturated rings. The summed E-state index contributed by atoms with van der Waals surface area (Å²) in [5.74, 6) is -1.16. The van der Waals surface area contributed by atoms with E-state index in [4.69, 9.17) is 10.5 Å². The maximum absolute atomic E-state index is 13.1. The SMILES string of the molecule is CCOC(=O)C1=c2s/c(=C\c3cccs3)c(=O)n2C(N)=C(C#N)C1c1cccs1. The molecule has 0 saturated carbocycles. The van der Waals surface area contributed by atoms with Crippen molar-refractivity contribution in [2.24, 2.45) is 5.73 Å². The van der Waals surface area contributed by atoms with E-state index < -0.39 is 11.9 Å². The van der Waals surface area contributed by atoms with E-state index in [2.05, 4.69) is 6.07 Å². The van der Waals surface area contributed by atoms with E-state index in [-0.39, 0.29) is 29.1 Å². The van der Waals surface area contributed by atoms with Crippen molar-refractivity contribution < 1.29 is 9.53 Å². The lowest BCUT2D eigenvalue weighted by molar-refractivity contribution is -0.136. The number of thiazole rings is 1. The zero-order valence-electron chi connectivity index (χ0n) is 15.2. The maximum Gasteiger partial charge on any atom is 0.338 e. The van der Waals surface area contributed by atoms with Gasteiger partial charge in [-0.15, -0.1) is 34.0 Å². The number of esters is 1. The second-order valence-electron chi connectivity index (χ2n) is 6.07. The molecule has 29 heavy (non-hydrogen) atoms. The average Bonchev–Trinajstić information content (AvgIpc) is 3.45. The van der Waals surface area contributed by atoms with Crippen molar-refractivity contribution in [3.63, 3.8) is 0 Å². The molecular formula is C20H15N3O3S3. The highest BCUT2D eigenvalue weighted by molar-refractivity contribution is 7.11.